The highest BCUT2D eigenvalue weighted by Crippen LogP contribution is 2.23. The van der Waals surface area contributed by atoms with Crippen molar-refractivity contribution in [2.45, 2.75) is 378 Å². The number of ether oxygens (including phenoxy) is 3. The third-order valence-electron chi connectivity index (χ3n) is 17.2. The number of carbonyl (C=O) groups is 2. The van der Waals surface area contributed by atoms with E-state index in [4.69, 9.17) is 14.2 Å². The zero-order valence-electron chi connectivity index (χ0n) is 57.4. The molecular formula is C78H139NO10. The first-order valence-corrected chi connectivity index (χ1v) is 37.4. The number of hydrogen-bond acceptors (Lipinski definition) is 10. The number of allylic oxidation sites excluding steroid dienone is 13. The molecule has 0 spiro atoms. The van der Waals surface area contributed by atoms with Gasteiger partial charge in [-0.25, -0.2) is 0 Å². The minimum Gasteiger partial charge on any atom is -0.466 e. The molecule has 0 aromatic carbocycles. The third kappa shape index (κ3) is 55.0. The van der Waals surface area contributed by atoms with Crippen molar-refractivity contribution in [1.29, 1.82) is 0 Å². The number of aliphatic hydroxyl groups is 5. The van der Waals surface area contributed by atoms with Gasteiger partial charge in [-0.15, -0.1) is 0 Å². The van der Waals surface area contributed by atoms with E-state index in [1.807, 2.05) is 6.08 Å². The van der Waals surface area contributed by atoms with Crippen molar-refractivity contribution in [2.24, 2.45) is 0 Å². The maximum Gasteiger partial charge on any atom is 0.305 e. The van der Waals surface area contributed by atoms with Gasteiger partial charge in [0.05, 0.1) is 32.0 Å². The number of amides is 1. The first-order chi connectivity index (χ1) is 43.7. The Morgan fingerprint density at radius 2 is 0.787 bits per heavy atom. The van der Waals surface area contributed by atoms with Gasteiger partial charge in [0.1, 0.15) is 24.4 Å². The van der Waals surface area contributed by atoms with Crippen LogP contribution in [0.25, 0.3) is 0 Å². The summed E-state index contributed by atoms with van der Waals surface area (Å²) < 4.78 is 16.7. The smallest absolute Gasteiger partial charge is 0.305 e. The molecule has 1 rings (SSSR count). The van der Waals surface area contributed by atoms with Gasteiger partial charge in [0.15, 0.2) is 6.29 Å². The second kappa shape index (κ2) is 66.3. The second-order valence-corrected chi connectivity index (χ2v) is 25.6. The second-order valence-electron chi connectivity index (χ2n) is 25.6. The minimum absolute atomic E-state index is 0.00621. The van der Waals surface area contributed by atoms with Gasteiger partial charge in [0, 0.05) is 12.8 Å². The maximum absolute atomic E-state index is 13.1. The Balaban J connectivity index is 1.95. The molecule has 6 N–H and O–H groups in total. The Hall–Kier alpha value is -3.16. The Bertz CT molecular complexity index is 1760. The molecule has 1 aliphatic heterocycles. The van der Waals surface area contributed by atoms with Crippen LogP contribution >= 0.6 is 0 Å². The Kier molecular flexibility index (Phi) is 62.5. The molecule has 0 aliphatic carbocycles. The van der Waals surface area contributed by atoms with Crippen molar-refractivity contribution in [3.63, 3.8) is 0 Å². The third-order valence-corrected chi connectivity index (χ3v) is 17.2. The average molecular weight is 1250 g/mol. The van der Waals surface area contributed by atoms with E-state index in [1.165, 1.54) is 225 Å². The molecule has 7 atom stereocenters. The Morgan fingerprint density at radius 1 is 0.416 bits per heavy atom. The molecule has 7 unspecified atom stereocenters. The van der Waals surface area contributed by atoms with Crippen LogP contribution in [0.1, 0.15) is 335 Å². The number of unbranched alkanes of at least 4 members (excludes halogenated alkanes) is 39. The van der Waals surface area contributed by atoms with Crippen molar-refractivity contribution in [3.05, 3.63) is 85.1 Å². The van der Waals surface area contributed by atoms with Gasteiger partial charge in [0.25, 0.3) is 0 Å². The summed E-state index contributed by atoms with van der Waals surface area (Å²) in [5.74, 6) is -0.201. The largest absolute Gasteiger partial charge is 0.466 e. The zero-order chi connectivity index (χ0) is 64.4. The summed E-state index contributed by atoms with van der Waals surface area (Å²) in [6.45, 7) is 4.24. The molecule has 0 bridgehead atoms. The van der Waals surface area contributed by atoms with Crippen molar-refractivity contribution < 1.29 is 49.3 Å². The first-order valence-electron chi connectivity index (χ1n) is 37.4. The van der Waals surface area contributed by atoms with Gasteiger partial charge in [-0.3, -0.25) is 9.59 Å². The van der Waals surface area contributed by atoms with E-state index in [0.29, 0.717) is 19.4 Å². The first kappa shape index (κ1) is 83.9. The number of carbonyl (C=O) groups excluding carboxylic acids is 2. The lowest BCUT2D eigenvalue weighted by Gasteiger charge is -2.40. The number of rotatable bonds is 65. The molecule has 516 valence electrons. The molecule has 11 nitrogen and oxygen atoms in total. The van der Waals surface area contributed by atoms with Crippen LogP contribution in [-0.2, 0) is 23.8 Å². The number of nitrogens with one attached hydrogen (secondary N) is 1. The molecule has 0 saturated carbocycles. The minimum atomic E-state index is -1.58. The van der Waals surface area contributed by atoms with Crippen molar-refractivity contribution in [3.8, 4) is 0 Å². The monoisotopic (exact) mass is 1250 g/mol. The average Bonchev–Trinajstić information content (AvgIpc) is 2.78. The van der Waals surface area contributed by atoms with E-state index in [2.05, 4.69) is 92.1 Å². The normalized spacial score (nSPS) is 18.2. The SMILES string of the molecule is CCC/C=C\C/C=C\CCCCCCCC(=O)OCCCCCCCCCCCCC/C=C\C/C=C\CCCCCCCCCCCCCCCCCCCC(=O)NC(COC1OC(CO)C(O)C(O)C1O)C(O)/C=C/CC/C=C/CC/C=C/CCCCC. The van der Waals surface area contributed by atoms with Crippen LogP contribution in [0.3, 0.4) is 0 Å². The molecule has 89 heavy (non-hydrogen) atoms. The molecule has 0 aromatic rings. The zero-order valence-corrected chi connectivity index (χ0v) is 57.4. The maximum atomic E-state index is 13.1. The predicted octanol–water partition coefficient (Wildman–Crippen LogP) is 19.6. The van der Waals surface area contributed by atoms with Crippen LogP contribution in [0.15, 0.2) is 85.1 Å². The Labute approximate surface area is 546 Å². The van der Waals surface area contributed by atoms with Gasteiger partial charge in [-0.05, 0) is 116 Å². The summed E-state index contributed by atoms with van der Waals surface area (Å²) in [5, 5.41) is 54.5. The molecule has 0 radical (unpaired) electrons. The molecule has 1 saturated heterocycles. The van der Waals surface area contributed by atoms with Crippen molar-refractivity contribution >= 4 is 11.9 Å². The fourth-order valence-electron chi connectivity index (χ4n) is 11.3. The Morgan fingerprint density at radius 3 is 1.22 bits per heavy atom. The van der Waals surface area contributed by atoms with Crippen molar-refractivity contribution in [1.82, 2.24) is 5.32 Å². The standard InChI is InChI=1S/C78H139NO10/c1-3-5-7-9-11-13-15-40-44-48-52-56-60-64-71(81)70(69-88-78-77(86)76(85)75(84)72(68-80)89-78)79-73(82)65-61-57-53-49-45-42-38-36-34-32-30-28-26-24-22-20-18-17-19-21-23-25-27-29-31-33-35-37-39-43-47-51-55-59-63-67-87-74(83)66-62-58-54-50-46-41-16-14-12-10-8-6-4-2/h8,10-11,13-14,16,19,21,25,27,44,48,60,64,70-72,75-78,80-81,84-86H,3-7,9,12,15,17-18,20,22-24,26,28-43,45-47,49-59,61-63,65-69H2,1-2H3,(H,79,82)/b10-8-,13-11+,16-14-,21-19-,27-25-,48-44+,64-60+. The highest BCUT2D eigenvalue weighted by atomic mass is 16.7. The van der Waals surface area contributed by atoms with E-state index >= 15 is 0 Å². The summed E-state index contributed by atoms with van der Waals surface area (Å²) in [4.78, 5) is 25.1. The van der Waals surface area contributed by atoms with Crippen LogP contribution in [0, 0.1) is 0 Å². The van der Waals surface area contributed by atoms with Crippen LogP contribution in [0.5, 0.6) is 0 Å². The quantitative estimate of drug-likeness (QED) is 0.0195. The van der Waals surface area contributed by atoms with E-state index in [-0.39, 0.29) is 18.5 Å². The predicted molar refractivity (Wildman–Crippen MR) is 375 cm³/mol. The lowest BCUT2D eigenvalue weighted by Crippen LogP contribution is -2.60. The van der Waals surface area contributed by atoms with Crippen molar-refractivity contribution in [2.75, 3.05) is 19.8 Å². The van der Waals surface area contributed by atoms with Gasteiger partial charge in [-0.2, -0.15) is 0 Å². The van der Waals surface area contributed by atoms with E-state index in [1.54, 1.807) is 6.08 Å². The summed E-state index contributed by atoms with van der Waals surface area (Å²) in [6, 6.07) is -0.835. The van der Waals surface area contributed by atoms with Crippen LogP contribution in [0.4, 0.5) is 0 Å². The fraction of sp³-hybridized carbons (Fsp3) is 0.795. The van der Waals surface area contributed by atoms with Crippen LogP contribution in [-0.4, -0.2) is 100 Å². The molecule has 1 aliphatic rings. The van der Waals surface area contributed by atoms with Crippen LogP contribution in [0.2, 0.25) is 0 Å². The lowest BCUT2D eigenvalue weighted by atomic mass is 9.99. The molecule has 0 aromatic heterocycles. The lowest BCUT2D eigenvalue weighted by molar-refractivity contribution is -0.302. The number of aliphatic hydroxyl groups excluding tert-OH is 5. The van der Waals surface area contributed by atoms with E-state index in [0.717, 1.165) is 83.5 Å². The highest BCUT2D eigenvalue weighted by molar-refractivity contribution is 5.76. The molecular weight excluding hydrogens is 1110 g/mol. The summed E-state index contributed by atoms with van der Waals surface area (Å²) >= 11 is 0. The summed E-state index contributed by atoms with van der Waals surface area (Å²) in [7, 11) is 0. The van der Waals surface area contributed by atoms with Gasteiger partial charge in [0.2, 0.25) is 5.91 Å². The fourth-order valence-corrected chi connectivity index (χ4v) is 11.3. The van der Waals surface area contributed by atoms with Gasteiger partial charge < -0.3 is 45.1 Å². The van der Waals surface area contributed by atoms with E-state index < -0.39 is 49.5 Å². The summed E-state index contributed by atoms with van der Waals surface area (Å²) in [6.07, 6.45) is 81.7. The van der Waals surface area contributed by atoms with E-state index in [9.17, 15) is 35.1 Å². The topological polar surface area (TPSA) is 175 Å². The molecule has 1 amide bonds. The molecule has 1 fully saturated rings. The summed E-state index contributed by atoms with van der Waals surface area (Å²) in [5.41, 5.74) is 0. The van der Waals surface area contributed by atoms with Gasteiger partial charge in [-0.1, -0.05) is 292 Å². The highest BCUT2D eigenvalue weighted by Gasteiger charge is 2.44. The van der Waals surface area contributed by atoms with Gasteiger partial charge >= 0.3 is 5.97 Å². The molecule has 1 heterocycles. The van der Waals surface area contributed by atoms with Crippen LogP contribution < -0.4 is 5.32 Å². The number of esters is 1. The molecule has 11 heteroatoms. The number of hydrogen-bond donors (Lipinski definition) is 6.